The van der Waals surface area contributed by atoms with Crippen molar-refractivity contribution in [3.63, 3.8) is 0 Å². The average molecular weight is 362 g/mol. The molecule has 1 atom stereocenters. The van der Waals surface area contributed by atoms with Crippen LogP contribution in [-0.2, 0) is 11.8 Å². The van der Waals surface area contributed by atoms with E-state index in [-0.39, 0.29) is 5.41 Å². The predicted molar refractivity (Wildman–Crippen MR) is 110 cm³/mol. The van der Waals surface area contributed by atoms with Crippen LogP contribution in [0.15, 0.2) is 12.1 Å². The SMILES string of the molecule is CCc1cc(C(C)C)c(OCC(O)CNC2CCCC2)c(C(C)(C)C)c1. The van der Waals surface area contributed by atoms with Crippen molar-refractivity contribution in [3.8, 4) is 5.75 Å². The first-order valence-corrected chi connectivity index (χ1v) is 10.4. The van der Waals surface area contributed by atoms with Crippen LogP contribution in [0.4, 0.5) is 0 Å². The molecule has 0 saturated heterocycles. The van der Waals surface area contributed by atoms with E-state index < -0.39 is 6.10 Å². The minimum absolute atomic E-state index is 0.0111. The second kappa shape index (κ2) is 9.23. The fraction of sp³-hybridized carbons (Fsp3) is 0.739. The molecule has 148 valence electrons. The van der Waals surface area contributed by atoms with Gasteiger partial charge in [-0.05, 0) is 41.7 Å². The van der Waals surface area contributed by atoms with E-state index in [0.29, 0.717) is 25.1 Å². The Bertz CT molecular complexity index is 568. The van der Waals surface area contributed by atoms with Gasteiger partial charge in [-0.3, -0.25) is 0 Å². The third-order valence-electron chi connectivity index (χ3n) is 5.43. The zero-order chi connectivity index (χ0) is 19.3. The van der Waals surface area contributed by atoms with Gasteiger partial charge in [0.25, 0.3) is 0 Å². The Morgan fingerprint density at radius 1 is 1.19 bits per heavy atom. The zero-order valence-corrected chi connectivity index (χ0v) is 17.7. The number of hydrogen-bond acceptors (Lipinski definition) is 3. The lowest BCUT2D eigenvalue weighted by molar-refractivity contribution is 0.102. The molecule has 0 bridgehead atoms. The molecule has 3 nitrogen and oxygen atoms in total. The molecular weight excluding hydrogens is 322 g/mol. The smallest absolute Gasteiger partial charge is 0.126 e. The maximum Gasteiger partial charge on any atom is 0.126 e. The van der Waals surface area contributed by atoms with Gasteiger partial charge < -0.3 is 15.2 Å². The van der Waals surface area contributed by atoms with Crippen LogP contribution in [0.1, 0.15) is 89.8 Å². The third kappa shape index (κ3) is 5.72. The molecule has 2 N–H and O–H groups in total. The Balaban J connectivity index is 2.12. The first-order valence-electron chi connectivity index (χ1n) is 10.4. The molecule has 0 heterocycles. The summed E-state index contributed by atoms with van der Waals surface area (Å²) in [6.07, 6.45) is 5.63. The van der Waals surface area contributed by atoms with Crippen molar-refractivity contribution in [3.05, 3.63) is 28.8 Å². The van der Waals surface area contributed by atoms with Crippen molar-refractivity contribution in [1.29, 1.82) is 0 Å². The summed E-state index contributed by atoms with van der Waals surface area (Å²) in [7, 11) is 0. The quantitative estimate of drug-likeness (QED) is 0.689. The largest absolute Gasteiger partial charge is 0.490 e. The first kappa shape index (κ1) is 21.2. The number of aryl methyl sites for hydroxylation is 1. The summed E-state index contributed by atoms with van der Waals surface area (Å²) in [5, 5.41) is 13.9. The van der Waals surface area contributed by atoms with E-state index in [1.807, 2.05) is 0 Å². The monoisotopic (exact) mass is 361 g/mol. The minimum atomic E-state index is -0.478. The Kier molecular flexibility index (Phi) is 7.54. The first-order chi connectivity index (χ1) is 12.2. The van der Waals surface area contributed by atoms with E-state index in [9.17, 15) is 5.11 Å². The molecule has 0 aliphatic heterocycles. The maximum absolute atomic E-state index is 10.4. The Labute approximate surface area is 160 Å². The summed E-state index contributed by atoms with van der Waals surface area (Å²) in [6, 6.07) is 5.13. The highest BCUT2D eigenvalue weighted by atomic mass is 16.5. The molecule has 1 aliphatic carbocycles. The van der Waals surface area contributed by atoms with Gasteiger partial charge in [-0.1, -0.05) is 66.5 Å². The standard InChI is InChI=1S/C23H39NO2/c1-7-17-12-20(16(2)3)22(21(13-17)23(4,5)6)26-15-19(25)14-24-18-10-8-9-11-18/h12-13,16,18-19,24-25H,7-11,14-15H2,1-6H3. The number of rotatable bonds is 8. The topological polar surface area (TPSA) is 41.5 Å². The molecule has 2 rings (SSSR count). The van der Waals surface area contributed by atoms with Gasteiger partial charge in [-0.25, -0.2) is 0 Å². The minimum Gasteiger partial charge on any atom is -0.490 e. The van der Waals surface area contributed by atoms with Gasteiger partial charge in [0, 0.05) is 18.2 Å². The summed E-state index contributed by atoms with van der Waals surface area (Å²) >= 11 is 0. The molecular formula is C23H39NO2. The highest BCUT2D eigenvalue weighted by molar-refractivity contribution is 5.49. The number of hydrogen-bond donors (Lipinski definition) is 2. The molecule has 0 spiro atoms. The Morgan fingerprint density at radius 3 is 2.38 bits per heavy atom. The fourth-order valence-electron chi connectivity index (χ4n) is 3.74. The van der Waals surface area contributed by atoms with Gasteiger partial charge >= 0.3 is 0 Å². The number of aliphatic hydroxyl groups is 1. The Morgan fingerprint density at radius 2 is 1.85 bits per heavy atom. The van der Waals surface area contributed by atoms with Crippen LogP contribution in [0.2, 0.25) is 0 Å². The van der Waals surface area contributed by atoms with Crippen LogP contribution >= 0.6 is 0 Å². The average Bonchev–Trinajstić information content (AvgIpc) is 3.09. The molecule has 0 amide bonds. The van der Waals surface area contributed by atoms with Crippen molar-refractivity contribution in [2.24, 2.45) is 0 Å². The van der Waals surface area contributed by atoms with Crippen molar-refractivity contribution in [2.75, 3.05) is 13.2 Å². The summed E-state index contributed by atoms with van der Waals surface area (Å²) in [4.78, 5) is 0. The van der Waals surface area contributed by atoms with Gasteiger partial charge in [-0.2, -0.15) is 0 Å². The second-order valence-corrected chi connectivity index (χ2v) is 9.17. The van der Waals surface area contributed by atoms with E-state index >= 15 is 0 Å². The Hall–Kier alpha value is -1.06. The van der Waals surface area contributed by atoms with E-state index in [0.717, 1.165) is 12.2 Å². The molecule has 0 aromatic heterocycles. The van der Waals surface area contributed by atoms with Crippen LogP contribution in [-0.4, -0.2) is 30.4 Å². The number of nitrogens with one attached hydrogen (secondary N) is 1. The van der Waals surface area contributed by atoms with E-state index in [1.165, 1.54) is 42.4 Å². The van der Waals surface area contributed by atoms with Crippen molar-refractivity contribution in [2.45, 2.75) is 97.1 Å². The molecule has 1 aliphatic rings. The second-order valence-electron chi connectivity index (χ2n) is 9.17. The number of benzene rings is 1. The summed E-state index contributed by atoms with van der Waals surface area (Å²) in [5.41, 5.74) is 3.87. The van der Waals surface area contributed by atoms with Gasteiger partial charge in [0.1, 0.15) is 18.5 Å². The molecule has 1 unspecified atom stereocenters. The molecule has 1 aromatic rings. The predicted octanol–water partition coefficient (Wildman–Crippen LogP) is 4.94. The lowest BCUT2D eigenvalue weighted by atomic mass is 9.82. The van der Waals surface area contributed by atoms with E-state index in [1.54, 1.807) is 0 Å². The van der Waals surface area contributed by atoms with Crippen LogP contribution in [0.25, 0.3) is 0 Å². The van der Waals surface area contributed by atoms with Gasteiger partial charge in [-0.15, -0.1) is 0 Å². The number of aliphatic hydroxyl groups excluding tert-OH is 1. The lowest BCUT2D eigenvalue weighted by Crippen LogP contribution is -2.36. The van der Waals surface area contributed by atoms with Crippen LogP contribution in [0, 0.1) is 0 Å². The van der Waals surface area contributed by atoms with Gasteiger partial charge in [0.2, 0.25) is 0 Å². The summed E-state index contributed by atoms with van der Waals surface area (Å²) < 4.78 is 6.24. The highest BCUT2D eigenvalue weighted by Crippen LogP contribution is 2.38. The molecule has 0 radical (unpaired) electrons. The van der Waals surface area contributed by atoms with Gasteiger partial charge in [0.15, 0.2) is 0 Å². The van der Waals surface area contributed by atoms with Crippen molar-refractivity contribution in [1.82, 2.24) is 5.32 Å². The summed E-state index contributed by atoms with van der Waals surface area (Å²) in [6.45, 7) is 14.3. The maximum atomic E-state index is 10.4. The van der Waals surface area contributed by atoms with Crippen molar-refractivity contribution >= 4 is 0 Å². The van der Waals surface area contributed by atoms with Gasteiger partial charge in [0.05, 0.1) is 0 Å². The molecule has 26 heavy (non-hydrogen) atoms. The van der Waals surface area contributed by atoms with Crippen molar-refractivity contribution < 1.29 is 9.84 Å². The highest BCUT2D eigenvalue weighted by Gasteiger charge is 2.24. The van der Waals surface area contributed by atoms with E-state index in [2.05, 4.69) is 59.0 Å². The van der Waals surface area contributed by atoms with Crippen LogP contribution in [0.3, 0.4) is 0 Å². The normalized spacial score (nSPS) is 17.1. The lowest BCUT2D eigenvalue weighted by Gasteiger charge is -2.28. The summed E-state index contributed by atoms with van der Waals surface area (Å²) in [5.74, 6) is 1.37. The molecule has 1 fully saturated rings. The zero-order valence-electron chi connectivity index (χ0n) is 17.7. The molecule has 1 saturated carbocycles. The van der Waals surface area contributed by atoms with E-state index in [4.69, 9.17) is 4.74 Å². The molecule has 1 aromatic carbocycles. The molecule has 3 heteroatoms. The van der Waals surface area contributed by atoms with Crippen LogP contribution in [0.5, 0.6) is 5.75 Å². The third-order valence-corrected chi connectivity index (χ3v) is 5.43. The fourth-order valence-corrected chi connectivity index (χ4v) is 3.74. The van der Waals surface area contributed by atoms with Crippen LogP contribution < -0.4 is 10.1 Å². The number of ether oxygens (including phenoxy) is 1.